The van der Waals surface area contributed by atoms with Gasteiger partial charge in [0, 0.05) is 7.05 Å². The lowest BCUT2D eigenvalue weighted by Gasteiger charge is -2.18. The SMILES string of the molecule is COc1c(F)c(F)cc(C(=O)N(C)C(=O)c2cc(F)c(F)c(OC)c2F)c1F. The number of nitrogens with zero attached hydrogens (tertiary/aromatic N) is 1. The molecule has 0 bridgehead atoms. The van der Waals surface area contributed by atoms with Crippen molar-refractivity contribution in [2.75, 3.05) is 21.3 Å². The number of carbonyl (C=O) groups excluding carboxylic acids is 2. The van der Waals surface area contributed by atoms with Gasteiger partial charge in [0.2, 0.25) is 11.6 Å². The predicted molar refractivity (Wildman–Crippen MR) is 82.2 cm³/mol. The van der Waals surface area contributed by atoms with E-state index in [0.29, 0.717) is 0 Å². The maximum Gasteiger partial charge on any atom is 0.263 e. The molecule has 5 nitrogen and oxygen atoms in total. The average molecular weight is 407 g/mol. The Morgan fingerprint density at radius 3 is 1.32 bits per heavy atom. The summed E-state index contributed by atoms with van der Waals surface area (Å²) in [5.41, 5.74) is -2.22. The van der Waals surface area contributed by atoms with Gasteiger partial charge < -0.3 is 9.47 Å². The number of carbonyl (C=O) groups is 2. The van der Waals surface area contributed by atoms with Crippen LogP contribution in [0.5, 0.6) is 11.5 Å². The molecule has 0 saturated carbocycles. The first-order valence-corrected chi connectivity index (χ1v) is 7.32. The molecule has 11 heteroatoms. The van der Waals surface area contributed by atoms with Crippen molar-refractivity contribution in [3.8, 4) is 11.5 Å². The lowest BCUT2D eigenvalue weighted by atomic mass is 10.1. The van der Waals surface area contributed by atoms with E-state index in [1.54, 1.807) is 0 Å². The highest BCUT2D eigenvalue weighted by Crippen LogP contribution is 2.30. The summed E-state index contributed by atoms with van der Waals surface area (Å²) in [5.74, 6) is -15.4. The van der Waals surface area contributed by atoms with E-state index in [9.17, 15) is 35.9 Å². The first-order chi connectivity index (χ1) is 13.1. The molecule has 2 rings (SSSR count). The summed E-state index contributed by atoms with van der Waals surface area (Å²) in [5, 5.41) is 0. The van der Waals surface area contributed by atoms with Crippen molar-refractivity contribution < 1.29 is 45.4 Å². The molecule has 0 heterocycles. The third-order valence-electron chi connectivity index (χ3n) is 3.71. The molecule has 2 aromatic carbocycles. The van der Waals surface area contributed by atoms with Gasteiger partial charge in [-0.1, -0.05) is 0 Å². The third kappa shape index (κ3) is 3.35. The summed E-state index contributed by atoms with van der Waals surface area (Å²) in [6.45, 7) is 0. The molecule has 0 aliphatic rings. The molecule has 0 spiro atoms. The lowest BCUT2D eigenvalue weighted by Crippen LogP contribution is -2.34. The van der Waals surface area contributed by atoms with Gasteiger partial charge in [0.05, 0.1) is 25.3 Å². The summed E-state index contributed by atoms with van der Waals surface area (Å²) >= 11 is 0. The number of imide groups is 1. The molecule has 0 saturated heterocycles. The zero-order valence-electron chi connectivity index (χ0n) is 14.5. The van der Waals surface area contributed by atoms with E-state index in [1.165, 1.54) is 0 Å². The van der Waals surface area contributed by atoms with Crippen molar-refractivity contribution in [1.29, 1.82) is 0 Å². The zero-order chi connectivity index (χ0) is 21.3. The molecule has 28 heavy (non-hydrogen) atoms. The Bertz CT molecular complexity index is 902. The largest absolute Gasteiger partial charge is 0.491 e. The van der Waals surface area contributed by atoms with Crippen LogP contribution in [-0.2, 0) is 0 Å². The summed E-state index contributed by atoms with van der Waals surface area (Å²) in [4.78, 5) is 24.8. The topological polar surface area (TPSA) is 55.8 Å². The van der Waals surface area contributed by atoms with Gasteiger partial charge in [0.1, 0.15) is 0 Å². The number of amides is 2. The van der Waals surface area contributed by atoms with E-state index in [0.717, 1.165) is 21.3 Å². The molecule has 2 amide bonds. The van der Waals surface area contributed by atoms with Crippen LogP contribution in [0.2, 0.25) is 0 Å². The Balaban J connectivity index is 2.52. The molecule has 2 aromatic rings. The number of hydrogen-bond donors (Lipinski definition) is 0. The number of benzene rings is 2. The highest BCUT2D eigenvalue weighted by atomic mass is 19.2. The van der Waals surface area contributed by atoms with Gasteiger partial charge in [-0.3, -0.25) is 14.5 Å². The Morgan fingerprint density at radius 1 is 0.714 bits per heavy atom. The van der Waals surface area contributed by atoms with Crippen LogP contribution in [0.3, 0.4) is 0 Å². The molecular weight excluding hydrogens is 396 g/mol. The Labute approximate surface area is 154 Å². The van der Waals surface area contributed by atoms with E-state index in [-0.39, 0.29) is 17.0 Å². The first kappa shape index (κ1) is 21.1. The van der Waals surface area contributed by atoms with E-state index in [1.807, 2.05) is 0 Å². The lowest BCUT2D eigenvalue weighted by molar-refractivity contribution is 0.0648. The fourth-order valence-electron chi connectivity index (χ4n) is 2.28. The summed E-state index contributed by atoms with van der Waals surface area (Å²) in [6.07, 6.45) is 0. The van der Waals surface area contributed by atoms with Crippen molar-refractivity contribution >= 4 is 11.8 Å². The Kier molecular flexibility index (Phi) is 5.86. The third-order valence-corrected chi connectivity index (χ3v) is 3.71. The van der Waals surface area contributed by atoms with Crippen molar-refractivity contribution in [3.05, 3.63) is 58.2 Å². The maximum atomic E-state index is 14.2. The molecule has 0 aliphatic carbocycles. The second-order valence-corrected chi connectivity index (χ2v) is 5.30. The van der Waals surface area contributed by atoms with Crippen LogP contribution in [0.1, 0.15) is 20.7 Å². The van der Waals surface area contributed by atoms with E-state index in [2.05, 4.69) is 9.47 Å². The standard InChI is InChI=1S/C17H11F6NO4/c1-24(16(25)6-4-8(18)12(22)14(27-2)10(6)20)17(26)7-5-9(19)13(23)15(28-3)11(7)21/h4-5H,1-3H3. The van der Waals surface area contributed by atoms with E-state index >= 15 is 0 Å². The quantitative estimate of drug-likeness (QED) is 0.443. The zero-order valence-corrected chi connectivity index (χ0v) is 14.5. The van der Waals surface area contributed by atoms with E-state index < -0.39 is 69.3 Å². The monoisotopic (exact) mass is 407 g/mol. The van der Waals surface area contributed by atoms with Gasteiger partial charge in [-0.15, -0.1) is 0 Å². The minimum atomic E-state index is -1.71. The summed E-state index contributed by atoms with van der Waals surface area (Å²) in [6, 6.07) is 0.336. The van der Waals surface area contributed by atoms with Gasteiger partial charge in [-0.05, 0) is 12.1 Å². The molecule has 0 radical (unpaired) electrons. The summed E-state index contributed by atoms with van der Waals surface area (Å²) in [7, 11) is 2.37. The van der Waals surface area contributed by atoms with Gasteiger partial charge in [-0.2, -0.15) is 8.78 Å². The average Bonchev–Trinajstić information content (AvgIpc) is 2.66. The second kappa shape index (κ2) is 7.79. The molecular formula is C17H11F6NO4. The first-order valence-electron chi connectivity index (χ1n) is 7.32. The second-order valence-electron chi connectivity index (χ2n) is 5.30. The minimum absolute atomic E-state index is 0.102. The van der Waals surface area contributed by atoms with Crippen LogP contribution in [0.25, 0.3) is 0 Å². The molecule has 0 fully saturated rings. The molecule has 0 aromatic heterocycles. The van der Waals surface area contributed by atoms with Gasteiger partial charge >= 0.3 is 0 Å². The fourth-order valence-corrected chi connectivity index (χ4v) is 2.28. The van der Waals surface area contributed by atoms with Crippen molar-refractivity contribution in [3.63, 3.8) is 0 Å². The highest BCUT2D eigenvalue weighted by molar-refractivity contribution is 6.10. The normalized spacial score (nSPS) is 10.6. The van der Waals surface area contributed by atoms with Gasteiger partial charge in [0.25, 0.3) is 11.8 Å². The van der Waals surface area contributed by atoms with E-state index in [4.69, 9.17) is 0 Å². The predicted octanol–water partition coefficient (Wildman–Crippen LogP) is 3.45. The Morgan fingerprint density at radius 2 is 1.04 bits per heavy atom. The molecule has 0 N–H and O–H groups in total. The van der Waals surface area contributed by atoms with Crippen LogP contribution in [0.4, 0.5) is 26.3 Å². The van der Waals surface area contributed by atoms with Crippen LogP contribution in [0, 0.1) is 34.9 Å². The molecule has 0 aliphatic heterocycles. The number of rotatable bonds is 4. The van der Waals surface area contributed by atoms with Crippen LogP contribution in [-0.4, -0.2) is 38.0 Å². The van der Waals surface area contributed by atoms with Gasteiger partial charge in [-0.25, -0.2) is 17.6 Å². The highest BCUT2D eigenvalue weighted by Gasteiger charge is 2.31. The fraction of sp³-hybridized carbons (Fsp3) is 0.176. The number of hydrogen-bond acceptors (Lipinski definition) is 4. The smallest absolute Gasteiger partial charge is 0.263 e. The van der Waals surface area contributed by atoms with Crippen LogP contribution < -0.4 is 9.47 Å². The molecule has 0 unspecified atom stereocenters. The summed E-state index contributed by atoms with van der Waals surface area (Å²) < 4.78 is 91.2. The van der Waals surface area contributed by atoms with Crippen LogP contribution in [0.15, 0.2) is 12.1 Å². The molecule has 0 atom stereocenters. The van der Waals surface area contributed by atoms with Crippen LogP contribution >= 0.6 is 0 Å². The Hall–Kier alpha value is -3.24. The minimum Gasteiger partial charge on any atom is -0.491 e. The molecule has 150 valence electrons. The van der Waals surface area contributed by atoms with Crippen molar-refractivity contribution in [2.24, 2.45) is 0 Å². The van der Waals surface area contributed by atoms with Crippen molar-refractivity contribution in [2.45, 2.75) is 0 Å². The number of halogens is 6. The number of methoxy groups -OCH3 is 2. The maximum absolute atomic E-state index is 14.2. The van der Waals surface area contributed by atoms with Crippen molar-refractivity contribution in [1.82, 2.24) is 4.90 Å². The van der Waals surface area contributed by atoms with Gasteiger partial charge in [0.15, 0.2) is 34.8 Å². The number of ether oxygens (including phenoxy) is 2.